The minimum atomic E-state index is -0.0229. The predicted molar refractivity (Wildman–Crippen MR) is 131 cm³/mol. The van der Waals surface area contributed by atoms with Gasteiger partial charge in [-0.15, -0.1) is 0 Å². The Bertz CT molecular complexity index is 915. The van der Waals surface area contributed by atoms with Gasteiger partial charge in [-0.1, -0.05) is 26.0 Å². The summed E-state index contributed by atoms with van der Waals surface area (Å²) in [4.78, 5) is 17.9. The summed E-state index contributed by atoms with van der Waals surface area (Å²) in [5.74, 6) is 0.818. The number of rotatable bonds is 6. The standard InChI is InChI=1S/C27H37N3O2/c1-27(2)13-11-21-5-4-6-25(24(21)12-14-27)26(31)28-22-7-9-23(10-8-22)32-20-19-30-17-15-29(3)16-18-30/h4-10H,11-20H2,1-3H3,(H,28,31). The molecule has 0 spiro atoms. The number of aryl methyl sites for hydroxylation is 1. The molecule has 1 saturated heterocycles. The fraction of sp³-hybridized carbons (Fsp3) is 0.519. The highest BCUT2D eigenvalue weighted by molar-refractivity contribution is 6.05. The van der Waals surface area contributed by atoms with E-state index in [0.717, 1.165) is 69.0 Å². The van der Waals surface area contributed by atoms with Crippen molar-refractivity contribution in [1.29, 1.82) is 0 Å². The number of carbonyl (C=O) groups is 1. The van der Waals surface area contributed by atoms with E-state index >= 15 is 0 Å². The van der Waals surface area contributed by atoms with Crippen LogP contribution in [0.25, 0.3) is 0 Å². The number of benzene rings is 2. The van der Waals surface area contributed by atoms with Crippen LogP contribution in [0.5, 0.6) is 5.75 Å². The van der Waals surface area contributed by atoms with Crippen molar-refractivity contribution in [2.75, 3.05) is 51.7 Å². The van der Waals surface area contributed by atoms with Gasteiger partial charge in [0.2, 0.25) is 0 Å². The summed E-state index contributed by atoms with van der Waals surface area (Å²) in [6.45, 7) is 10.7. The Balaban J connectivity index is 1.32. The van der Waals surface area contributed by atoms with Crippen molar-refractivity contribution >= 4 is 11.6 Å². The molecule has 2 aromatic carbocycles. The largest absolute Gasteiger partial charge is 0.492 e. The van der Waals surface area contributed by atoms with Crippen molar-refractivity contribution in [3.8, 4) is 5.75 Å². The molecule has 0 aromatic heterocycles. The van der Waals surface area contributed by atoms with Crippen LogP contribution < -0.4 is 10.1 Å². The van der Waals surface area contributed by atoms with Gasteiger partial charge >= 0.3 is 0 Å². The Morgan fingerprint density at radius 2 is 1.72 bits per heavy atom. The third-order valence-corrected chi connectivity index (χ3v) is 7.02. The molecule has 0 radical (unpaired) electrons. The number of hydrogen-bond donors (Lipinski definition) is 1. The molecule has 2 aromatic rings. The smallest absolute Gasteiger partial charge is 0.255 e. The molecule has 5 nitrogen and oxygen atoms in total. The van der Waals surface area contributed by atoms with Gasteiger partial charge < -0.3 is 15.0 Å². The number of piperazine rings is 1. The summed E-state index contributed by atoms with van der Waals surface area (Å²) in [5.41, 5.74) is 4.49. The number of amides is 1. The lowest BCUT2D eigenvalue weighted by Crippen LogP contribution is -2.45. The second-order valence-electron chi connectivity index (χ2n) is 10.1. The van der Waals surface area contributed by atoms with Gasteiger partial charge in [0, 0.05) is 44.0 Å². The lowest BCUT2D eigenvalue weighted by molar-refractivity contribution is 0.102. The number of anilines is 1. The van der Waals surface area contributed by atoms with Gasteiger partial charge in [-0.05, 0) is 79.6 Å². The van der Waals surface area contributed by atoms with Crippen molar-refractivity contribution in [3.63, 3.8) is 0 Å². The van der Waals surface area contributed by atoms with Crippen molar-refractivity contribution in [2.45, 2.75) is 39.5 Å². The zero-order chi connectivity index (χ0) is 22.6. The van der Waals surface area contributed by atoms with E-state index in [1.807, 2.05) is 36.4 Å². The van der Waals surface area contributed by atoms with Crippen LogP contribution >= 0.6 is 0 Å². The Morgan fingerprint density at radius 1 is 1.00 bits per heavy atom. The molecule has 5 heteroatoms. The van der Waals surface area contributed by atoms with Crippen molar-refractivity contribution in [2.24, 2.45) is 5.41 Å². The van der Waals surface area contributed by atoms with Crippen LogP contribution in [0.15, 0.2) is 42.5 Å². The van der Waals surface area contributed by atoms with Crippen LogP contribution in [0.4, 0.5) is 5.69 Å². The van der Waals surface area contributed by atoms with Gasteiger partial charge in [0.05, 0.1) is 0 Å². The first kappa shape index (κ1) is 22.8. The summed E-state index contributed by atoms with van der Waals surface area (Å²) < 4.78 is 5.92. The number of hydrogen-bond acceptors (Lipinski definition) is 4. The maximum absolute atomic E-state index is 13.1. The average molecular weight is 436 g/mol. The normalized spacial score (nSPS) is 19.1. The summed E-state index contributed by atoms with van der Waals surface area (Å²) in [6, 6.07) is 13.9. The first-order valence-electron chi connectivity index (χ1n) is 12.0. The van der Waals surface area contributed by atoms with Crippen molar-refractivity contribution < 1.29 is 9.53 Å². The highest BCUT2D eigenvalue weighted by Crippen LogP contribution is 2.35. The SMILES string of the molecule is CN1CCN(CCOc2ccc(NC(=O)c3cccc4c3CCC(C)(C)CC4)cc2)CC1. The molecule has 0 saturated carbocycles. The number of fused-ring (bicyclic) bond motifs is 1. The molecule has 0 atom stereocenters. The second-order valence-corrected chi connectivity index (χ2v) is 10.1. The minimum absolute atomic E-state index is 0.0229. The molecular weight excluding hydrogens is 398 g/mol. The molecule has 32 heavy (non-hydrogen) atoms. The maximum atomic E-state index is 13.1. The van der Waals surface area contributed by atoms with Gasteiger partial charge in [0.1, 0.15) is 12.4 Å². The Kier molecular flexibility index (Phi) is 7.17. The Hall–Kier alpha value is -2.37. The zero-order valence-corrected chi connectivity index (χ0v) is 19.8. The maximum Gasteiger partial charge on any atom is 0.255 e. The first-order chi connectivity index (χ1) is 15.4. The molecule has 172 valence electrons. The molecule has 0 unspecified atom stereocenters. The second kappa shape index (κ2) is 10.1. The Morgan fingerprint density at radius 3 is 2.47 bits per heavy atom. The summed E-state index contributed by atoms with van der Waals surface area (Å²) >= 11 is 0. The number of likely N-dealkylation sites (N-methyl/N-ethyl adjacent to an activating group) is 1. The monoisotopic (exact) mass is 435 g/mol. The fourth-order valence-electron chi connectivity index (χ4n) is 4.64. The highest BCUT2D eigenvalue weighted by Gasteiger charge is 2.25. The van der Waals surface area contributed by atoms with E-state index in [1.54, 1.807) is 0 Å². The van der Waals surface area contributed by atoms with Gasteiger partial charge in [-0.25, -0.2) is 0 Å². The number of ether oxygens (including phenoxy) is 1. The Labute approximate surface area is 192 Å². The van der Waals surface area contributed by atoms with E-state index in [0.29, 0.717) is 12.0 Å². The molecular formula is C27H37N3O2. The lowest BCUT2D eigenvalue weighted by atomic mass is 9.84. The highest BCUT2D eigenvalue weighted by atomic mass is 16.5. The van der Waals surface area contributed by atoms with E-state index in [4.69, 9.17) is 4.74 Å². The van der Waals surface area contributed by atoms with Crippen LogP contribution in [0.2, 0.25) is 0 Å². The van der Waals surface area contributed by atoms with E-state index in [1.165, 1.54) is 17.5 Å². The van der Waals surface area contributed by atoms with Crippen LogP contribution in [-0.4, -0.2) is 62.1 Å². The summed E-state index contributed by atoms with van der Waals surface area (Å²) in [5, 5.41) is 3.08. The molecule has 1 amide bonds. The fourth-order valence-corrected chi connectivity index (χ4v) is 4.64. The lowest BCUT2D eigenvalue weighted by Gasteiger charge is -2.32. The van der Waals surface area contributed by atoms with Gasteiger partial charge in [0.15, 0.2) is 0 Å². The molecule has 0 bridgehead atoms. The summed E-state index contributed by atoms with van der Waals surface area (Å²) in [7, 11) is 2.17. The molecule has 1 N–H and O–H groups in total. The van der Waals surface area contributed by atoms with Crippen LogP contribution in [0.3, 0.4) is 0 Å². The summed E-state index contributed by atoms with van der Waals surface area (Å²) in [6.07, 6.45) is 4.29. The number of nitrogens with one attached hydrogen (secondary N) is 1. The topological polar surface area (TPSA) is 44.8 Å². The molecule has 1 fully saturated rings. The van der Waals surface area contributed by atoms with Crippen LogP contribution in [-0.2, 0) is 12.8 Å². The molecule has 1 aliphatic carbocycles. The first-order valence-corrected chi connectivity index (χ1v) is 12.0. The molecule has 4 rings (SSSR count). The van der Waals surface area contributed by atoms with E-state index in [9.17, 15) is 4.79 Å². The van der Waals surface area contributed by atoms with E-state index < -0.39 is 0 Å². The average Bonchev–Trinajstić information content (AvgIpc) is 2.94. The van der Waals surface area contributed by atoms with E-state index in [-0.39, 0.29) is 5.91 Å². The van der Waals surface area contributed by atoms with E-state index in [2.05, 4.69) is 42.1 Å². The molecule has 2 aliphatic rings. The third-order valence-electron chi connectivity index (χ3n) is 7.02. The zero-order valence-electron chi connectivity index (χ0n) is 19.8. The van der Waals surface area contributed by atoms with Crippen molar-refractivity contribution in [1.82, 2.24) is 9.80 Å². The van der Waals surface area contributed by atoms with Crippen LogP contribution in [0, 0.1) is 5.41 Å². The van der Waals surface area contributed by atoms with Gasteiger partial charge in [0.25, 0.3) is 5.91 Å². The number of nitrogens with zero attached hydrogens (tertiary/aromatic N) is 2. The molecule has 1 aliphatic heterocycles. The van der Waals surface area contributed by atoms with Gasteiger partial charge in [-0.2, -0.15) is 0 Å². The predicted octanol–water partition coefficient (Wildman–Crippen LogP) is 4.47. The number of carbonyl (C=O) groups excluding carboxylic acids is 1. The quantitative estimate of drug-likeness (QED) is 0.680. The van der Waals surface area contributed by atoms with Crippen molar-refractivity contribution in [3.05, 3.63) is 59.2 Å². The third kappa shape index (κ3) is 5.90. The van der Waals surface area contributed by atoms with Gasteiger partial charge in [-0.3, -0.25) is 9.69 Å². The minimum Gasteiger partial charge on any atom is -0.492 e. The van der Waals surface area contributed by atoms with Crippen LogP contribution in [0.1, 0.15) is 48.2 Å². The molecule has 1 heterocycles.